The summed E-state index contributed by atoms with van der Waals surface area (Å²) in [5, 5.41) is 0. The summed E-state index contributed by atoms with van der Waals surface area (Å²) >= 11 is 0. The van der Waals surface area contributed by atoms with E-state index in [2.05, 4.69) is 19.4 Å². The van der Waals surface area contributed by atoms with Gasteiger partial charge in [0, 0.05) is 45.3 Å². The number of hydrogen-bond donors (Lipinski definition) is 0. The zero-order valence-electron chi connectivity index (χ0n) is 15.5. The van der Waals surface area contributed by atoms with Crippen LogP contribution < -0.4 is 0 Å². The average Bonchev–Trinajstić information content (AvgIpc) is 3.10. The molecule has 2 saturated heterocycles. The summed E-state index contributed by atoms with van der Waals surface area (Å²) in [5.74, 6) is 0.358. The molecule has 2 aromatic rings. The number of amides is 1. The van der Waals surface area contributed by atoms with Gasteiger partial charge in [0.25, 0.3) is 0 Å². The Morgan fingerprint density at radius 1 is 1.04 bits per heavy atom. The van der Waals surface area contributed by atoms with Crippen molar-refractivity contribution in [3.05, 3.63) is 48.3 Å². The third kappa shape index (κ3) is 3.38. The van der Waals surface area contributed by atoms with Gasteiger partial charge in [-0.1, -0.05) is 0 Å². The quantitative estimate of drug-likeness (QED) is 0.846. The predicted molar refractivity (Wildman–Crippen MR) is 99.0 cm³/mol. The number of imidazole rings is 1. The first-order valence-corrected chi connectivity index (χ1v) is 9.52. The van der Waals surface area contributed by atoms with Gasteiger partial charge in [-0.2, -0.15) is 0 Å². The summed E-state index contributed by atoms with van der Waals surface area (Å²) in [5.41, 5.74) is 2.25. The molecular formula is C20H27N5O. The predicted octanol–water partition coefficient (Wildman–Crippen LogP) is 2.22. The molecule has 1 unspecified atom stereocenters. The van der Waals surface area contributed by atoms with E-state index in [4.69, 9.17) is 0 Å². The molecule has 0 aliphatic carbocycles. The minimum atomic E-state index is -0.145. The van der Waals surface area contributed by atoms with E-state index in [0.717, 1.165) is 57.4 Å². The molecule has 2 aromatic heterocycles. The number of likely N-dealkylation sites (tertiary alicyclic amines) is 2. The zero-order chi connectivity index (χ0) is 18.0. The van der Waals surface area contributed by atoms with E-state index < -0.39 is 0 Å². The molecule has 2 aliphatic heterocycles. The smallest absolute Gasteiger partial charge is 0.229 e. The van der Waals surface area contributed by atoms with Crippen LogP contribution in [-0.4, -0.2) is 49.9 Å². The highest BCUT2D eigenvalue weighted by Crippen LogP contribution is 2.42. The molecule has 4 rings (SSSR count). The lowest BCUT2D eigenvalue weighted by molar-refractivity contribution is -0.137. The van der Waals surface area contributed by atoms with E-state index >= 15 is 0 Å². The first-order chi connectivity index (χ1) is 12.7. The molecule has 0 N–H and O–H groups in total. The lowest BCUT2D eigenvalue weighted by Crippen LogP contribution is -2.35. The van der Waals surface area contributed by atoms with Crippen molar-refractivity contribution in [2.45, 2.75) is 38.8 Å². The second-order valence-corrected chi connectivity index (χ2v) is 7.74. The summed E-state index contributed by atoms with van der Waals surface area (Å²) in [6, 6.07) is 4.00. The van der Waals surface area contributed by atoms with Gasteiger partial charge in [-0.25, -0.2) is 4.98 Å². The Morgan fingerprint density at radius 3 is 2.62 bits per heavy atom. The fourth-order valence-electron chi connectivity index (χ4n) is 4.39. The van der Waals surface area contributed by atoms with Crippen LogP contribution in [0.4, 0.5) is 0 Å². The zero-order valence-corrected chi connectivity index (χ0v) is 15.5. The number of nitrogens with zero attached hydrogens (tertiary/aromatic N) is 5. The maximum Gasteiger partial charge on any atom is 0.229 e. The number of aryl methyl sites for hydroxylation is 1. The summed E-state index contributed by atoms with van der Waals surface area (Å²) in [6.45, 7) is 4.55. The number of hydrogen-bond acceptors (Lipinski definition) is 4. The molecule has 1 atom stereocenters. The van der Waals surface area contributed by atoms with Crippen molar-refractivity contribution in [3.63, 3.8) is 0 Å². The van der Waals surface area contributed by atoms with Crippen molar-refractivity contribution in [1.82, 2.24) is 24.3 Å². The Morgan fingerprint density at radius 2 is 1.85 bits per heavy atom. The van der Waals surface area contributed by atoms with Gasteiger partial charge in [-0.15, -0.1) is 0 Å². The van der Waals surface area contributed by atoms with E-state index in [-0.39, 0.29) is 5.41 Å². The molecule has 0 aromatic carbocycles. The van der Waals surface area contributed by atoms with Crippen LogP contribution in [0.25, 0.3) is 0 Å². The average molecular weight is 353 g/mol. The van der Waals surface area contributed by atoms with Crippen LogP contribution in [-0.2, 0) is 24.9 Å². The third-order valence-corrected chi connectivity index (χ3v) is 6.06. The van der Waals surface area contributed by atoms with Gasteiger partial charge in [0.1, 0.15) is 0 Å². The van der Waals surface area contributed by atoms with Gasteiger partial charge in [0.05, 0.1) is 17.4 Å². The molecule has 0 radical (unpaired) electrons. The Labute approximate surface area is 154 Å². The van der Waals surface area contributed by atoms with Crippen molar-refractivity contribution in [3.8, 4) is 0 Å². The van der Waals surface area contributed by atoms with E-state index in [1.807, 2.05) is 36.6 Å². The number of aromatic nitrogens is 3. The van der Waals surface area contributed by atoms with E-state index in [1.54, 1.807) is 12.4 Å². The van der Waals surface area contributed by atoms with Crippen LogP contribution in [0.1, 0.15) is 36.9 Å². The summed E-state index contributed by atoms with van der Waals surface area (Å²) in [4.78, 5) is 26.0. The number of rotatable bonds is 4. The van der Waals surface area contributed by atoms with Crippen LogP contribution >= 0.6 is 0 Å². The molecule has 26 heavy (non-hydrogen) atoms. The number of pyridine rings is 1. The van der Waals surface area contributed by atoms with Crippen LogP contribution in [0, 0.1) is 5.41 Å². The van der Waals surface area contributed by atoms with Gasteiger partial charge in [-0.05, 0) is 56.5 Å². The van der Waals surface area contributed by atoms with Crippen molar-refractivity contribution in [1.29, 1.82) is 0 Å². The molecule has 1 spiro atoms. The highest BCUT2D eigenvalue weighted by atomic mass is 16.2. The summed E-state index contributed by atoms with van der Waals surface area (Å²) < 4.78 is 2.08. The molecule has 2 fully saturated rings. The van der Waals surface area contributed by atoms with Gasteiger partial charge in [0.15, 0.2) is 0 Å². The van der Waals surface area contributed by atoms with Crippen LogP contribution in [0.2, 0.25) is 0 Å². The largest absolute Gasteiger partial charge is 0.338 e. The second-order valence-electron chi connectivity index (χ2n) is 7.74. The maximum atomic E-state index is 13.2. The standard InChI is InChI=1S/C20H27N5O/c1-23-16-22-13-18(23)15-24-10-2-5-20(6-11-24)7-12-25(19(20)26)14-17-3-8-21-9-4-17/h3-4,8-9,13,16H,2,5-7,10-12,14-15H2,1H3. The highest BCUT2D eigenvalue weighted by Gasteiger charge is 2.46. The van der Waals surface area contributed by atoms with Crippen LogP contribution in [0.3, 0.4) is 0 Å². The molecule has 2 aliphatic rings. The minimum absolute atomic E-state index is 0.145. The SMILES string of the molecule is Cn1cncc1CN1CCCC2(CC1)CCN(Cc1ccncc1)C2=O. The summed E-state index contributed by atoms with van der Waals surface area (Å²) in [7, 11) is 2.04. The van der Waals surface area contributed by atoms with Gasteiger partial charge in [-0.3, -0.25) is 14.7 Å². The molecule has 0 saturated carbocycles. The fraction of sp³-hybridized carbons (Fsp3) is 0.550. The number of carbonyl (C=O) groups is 1. The van der Waals surface area contributed by atoms with Crippen LogP contribution in [0.5, 0.6) is 0 Å². The van der Waals surface area contributed by atoms with E-state index in [9.17, 15) is 4.79 Å². The lowest BCUT2D eigenvalue weighted by Gasteiger charge is -2.27. The Balaban J connectivity index is 1.40. The van der Waals surface area contributed by atoms with Crippen molar-refractivity contribution >= 4 is 5.91 Å². The maximum absolute atomic E-state index is 13.2. The van der Waals surface area contributed by atoms with Crippen molar-refractivity contribution in [2.75, 3.05) is 19.6 Å². The fourth-order valence-corrected chi connectivity index (χ4v) is 4.39. The third-order valence-electron chi connectivity index (χ3n) is 6.06. The molecule has 4 heterocycles. The highest BCUT2D eigenvalue weighted by molar-refractivity contribution is 5.84. The molecule has 6 heteroatoms. The Hall–Kier alpha value is -2.21. The first-order valence-electron chi connectivity index (χ1n) is 9.52. The minimum Gasteiger partial charge on any atom is -0.338 e. The summed E-state index contributed by atoms with van der Waals surface area (Å²) in [6.07, 6.45) is 11.5. The molecule has 0 bridgehead atoms. The van der Waals surface area contributed by atoms with E-state index in [1.165, 1.54) is 5.69 Å². The number of carbonyl (C=O) groups excluding carboxylic acids is 1. The Kier molecular flexibility index (Phi) is 4.76. The monoisotopic (exact) mass is 353 g/mol. The van der Waals surface area contributed by atoms with Crippen LogP contribution in [0.15, 0.2) is 37.1 Å². The normalized spacial score (nSPS) is 24.3. The van der Waals surface area contributed by atoms with Crippen molar-refractivity contribution in [2.24, 2.45) is 12.5 Å². The molecular weight excluding hydrogens is 326 g/mol. The second kappa shape index (κ2) is 7.19. The Bertz CT molecular complexity index is 759. The van der Waals surface area contributed by atoms with Crippen molar-refractivity contribution < 1.29 is 4.79 Å². The lowest BCUT2D eigenvalue weighted by atomic mass is 9.79. The topological polar surface area (TPSA) is 54.3 Å². The molecule has 1 amide bonds. The molecule has 6 nitrogen and oxygen atoms in total. The van der Waals surface area contributed by atoms with Gasteiger partial charge >= 0.3 is 0 Å². The van der Waals surface area contributed by atoms with Gasteiger partial charge in [0.2, 0.25) is 5.91 Å². The molecule has 138 valence electrons. The van der Waals surface area contributed by atoms with E-state index in [0.29, 0.717) is 12.5 Å². The van der Waals surface area contributed by atoms with Gasteiger partial charge < -0.3 is 9.47 Å². The first kappa shape index (κ1) is 17.2.